The highest BCUT2D eigenvalue weighted by Gasteiger charge is 2.19. The van der Waals surface area contributed by atoms with Gasteiger partial charge in [0.15, 0.2) is 11.3 Å². The number of aromatic nitrogens is 2. The molecule has 1 aromatic carbocycles. The number of H-pyrrole nitrogens is 1. The third kappa shape index (κ3) is 1.56. The van der Waals surface area contributed by atoms with Crippen LogP contribution in [0.5, 0.6) is 0 Å². The van der Waals surface area contributed by atoms with Gasteiger partial charge in [-0.05, 0) is 12.1 Å². The molecule has 2 aromatic heterocycles. The summed E-state index contributed by atoms with van der Waals surface area (Å²) in [6, 6.07) is 6.95. The molecule has 0 saturated carbocycles. The minimum absolute atomic E-state index is 0.186. The predicted octanol–water partition coefficient (Wildman–Crippen LogP) is 2.62. The Hall–Kier alpha value is -2.27. The molecule has 0 aliphatic rings. The van der Waals surface area contributed by atoms with Gasteiger partial charge in [-0.3, -0.25) is 9.89 Å². The van der Waals surface area contributed by atoms with Gasteiger partial charge in [0.25, 0.3) is 0 Å². The number of hydrogen-bond donors (Lipinski definition) is 2. The molecule has 3 rings (SSSR count). The van der Waals surface area contributed by atoms with Crippen molar-refractivity contribution >= 4 is 34.2 Å². The molecule has 18 heavy (non-hydrogen) atoms. The van der Waals surface area contributed by atoms with Crippen molar-refractivity contribution in [2.75, 3.05) is 5.73 Å². The molecule has 0 amide bonds. The summed E-state index contributed by atoms with van der Waals surface area (Å²) in [6.07, 6.45) is 1.37. The number of nitrogen functional groups attached to an aromatic ring is 1. The van der Waals surface area contributed by atoms with Gasteiger partial charge in [-0.2, -0.15) is 5.10 Å². The first kappa shape index (κ1) is 10.9. The molecule has 0 saturated heterocycles. The van der Waals surface area contributed by atoms with Crippen molar-refractivity contribution in [1.82, 2.24) is 10.2 Å². The molecular formula is C12H8ClN3O2. The van der Waals surface area contributed by atoms with Crippen molar-refractivity contribution < 1.29 is 9.21 Å². The van der Waals surface area contributed by atoms with Gasteiger partial charge in [0, 0.05) is 5.39 Å². The van der Waals surface area contributed by atoms with Gasteiger partial charge in [-0.1, -0.05) is 23.7 Å². The molecule has 0 fully saturated rings. The number of benzene rings is 1. The quantitative estimate of drug-likeness (QED) is 0.695. The number of anilines is 1. The number of carbonyl (C=O) groups excluding carboxylic acids is 1. The van der Waals surface area contributed by atoms with Crippen LogP contribution in [0.1, 0.15) is 16.1 Å². The molecule has 0 aliphatic heterocycles. The Balaban J connectivity index is 2.13. The molecule has 5 nitrogen and oxygen atoms in total. The van der Waals surface area contributed by atoms with Crippen molar-refractivity contribution in [3.63, 3.8) is 0 Å². The summed E-state index contributed by atoms with van der Waals surface area (Å²) in [5.74, 6) is 0.0752. The minimum atomic E-state index is -0.325. The van der Waals surface area contributed by atoms with Crippen LogP contribution in [0.2, 0.25) is 5.02 Å². The van der Waals surface area contributed by atoms with Gasteiger partial charge in [-0.25, -0.2) is 0 Å². The molecule has 6 heteroatoms. The van der Waals surface area contributed by atoms with E-state index in [9.17, 15) is 4.79 Å². The smallest absolute Gasteiger partial charge is 0.233 e. The van der Waals surface area contributed by atoms with Gasteiger partial charge in [0.2, 0.25) is 5.78 Å². The van der Waals surface area contributed by atoms with Crippen LogP contribution in [0.15, 0.2) is 34.9 Å². The number of carbonyl (C=O) groups is 1. The number of hydrogen-bond acceptors (Lipinski definition) is 4. The Kier molecular flexibility index (Phi) is 2.34. The van der Waals surface area contributed by atoms with Crippen LogP contribution in [0.4, 0.5) is 5.82 Å². The van der Waals surface area contributed by atoms with Crippen molar-refractivity contribution in [2.24, 2.45) is 0 Å². The maximum absolute atomic E-state index is 12.1. The Labute approximate surface area is 107 Å². The Morgan fingerprint density at radius 3 is 2.94 bits per heavy atom. The molecule has 0 spiro atoms. The number of nitrogens with zero attached hydrogens (tertiary/aromatic N) is 1. The van der Waals surface area contributed by atoms with E-state index in [1.165, 1.54) is 6.20 Å². The highest BCUT2D eigenvalue weighted by Crippen LogP contribution is 2.28. The van der Waals surface area contributed by atoms with Crippen LogP contribution < -0.4 is 5.73 Å². The number of nitrogens with two attached hydrogens (primary N) is 1. The highest BCUT2D eigenvalue weighted by molar-refractivity contribution is 6.35. The first-order chi connectivity index (χ1) is 8.66. The fourth-order valence-corrected chi connectivity index (χ4v) is 1.97. The maximum atomic E-state index is 12.1. The number of furan rings is 1. The number of halogens is 1. The summed E-state index contributed by atoms with van der Waals surface area (Å²) < 4.78 is 5.46. The fourth-order valence-electron chi connectivity index (χ4n) is 1.75. The first-order valence-electron chi connectivity index (χ1n) is 5.18. The molecule has 3 N–H and O–H groups in total. The van der Waals surface area contributed by atoms with Gasteiger partial charge in [0.1, 0.15) is 5.82 Å². The van der Waals surface area contributed by atoms with E-state index in [4.69, 9.17) is 21.8 Å². The number of aromatic amines is 1. The SMILES string of the molecule is Nc1[nH]ncc1C(=O)c1cc2cccc(Cl)c2o1. The van der Waals surface area contributed by atoms with Crippen molar-refractivity contribution in [3.05, 3.63) is 46.8 Å². The zero-order valence-electron chi connectivity index (χ0n) is 9.11. The Morgan fingerprint density at radius 2 is 2.28 bits per heavy atom. The summed E-state index contributed by atoms with van der Waals surface area (Å²) >= 11 is 5.98. The Morgan fingerprint density at radius 1 is 1.44 bits per heavy atom. The van der Waals surface area contributed by atoms with Crippen LogP contribution in [0.25, 0.3) is 11.0 Å². The predicted molar refractivity (Wildman–Crippen MR) is 67.7 cm³/mol. The monoisotopic (exact) mass is 261 g/mol. The summed E-state index contributed by atoms with van der Waals surface area (Å²) in [5.41, 5.74) is 6.37. The van der Waals surface area contributed by atoms with Gasteiger partial charge < -0.3 is 10.2 Å². The standard InChI is InChI=1S/C12H8ClN3O2/c13-8-3-1-2-6-4-9(18-11(6)8)10(17)7-5-15-16-12(7)14/h1-5H,(H3,14,15,16). The highest BCUT2D eigenvalue weighted by atomic mass is 35.5. The number of rotatable bonds is 2. The van der Waals surface area contributed by atoms with Gasteiger partial charge in [-0.15, -0.1) is 0 Å². The lowest BCUT2D eigenvalue weighted by Crippen LogP contribution is -2.01. The molecule has 0 radical (unpaired) electrons. The largest absolute Gasteiger partial charge is 0.451 e. The maximum Gasteiger partial charge on any atom is 0.233 e. The number of fused-ring (bicyclic) bond motifs is 1. The van der Waals surface area contributed by atoms with Crippen LogP contribution >= 0.6 is 11.6 Å². The molecule has 90 valence electrons. The second kappa shape index (κ2) is 3.89. The first-order valence-corrected chi connectivity index (χ1v) is 5.56. The third-order valence-corrected chi connectivity index (χ3v) is 2.93. The lowest BCUT2D eigenvalue weighted by Gasteiger charge is -1.94. The van der Waals surface area contributed by atoms with Crippen LogP contribution in [0, 0.1) is 0 Å². The van der Waals surface area contributed by atoms with Crippen LogP contribution in [-0.4, -0.2) is 16.0 Å². The van der Waals surface area contributed by atoms with E-state index in [1.807, 2.05) is 6.07 Å². The van der Waals surface area contributed by atoms with E-state index >= 15 is 0 Å². The van der Waals surface area contributed by atoms with E-state index in [0.717, 1.165) is 5.39 Å². The summed E-state index contributed by atoms with van der Waals surface area (Å²) in [6.45, 7) is 0. The van der Waals surface area contributed by atoms with Crippen molar-refractivity contribution in [3.8, 4) is 0 Å². The molecule has 0 unspecified atom stereocenters. The van der Waals surface area contributed by atoms with Crippen LogP contribution in [0.3, 0.4) is 0 Å². The zero-order chi connectivity index (χ0) is 12.7. The lowest BCUT2D eigenvalue weighted by molar-refractivity contribution is 0.101. The number of nitrogens with one attached hydrogen (secondary N) is 1. The molecule has 0 atom stereocenters. The van der Waals surface area contributed by atoms with Crippen LogP contribution in [-0.2, 0) is 0 Å². The lowest BCUT2D eigenvalue weighted by atomic mass is 10.1. The molecule has 2 heterocycles. The summed E-state index contributed by atoms with van der Waals surface area (Å²) in [7, 11) is 0. The Bertz CT molecular complexity index is 745. The van der Waals surface area contributed by atoms with E-state index in [0.29, 0.717) is 10.6 Å². The van der Waals surface area contributed by atoms with Gasteiger partial charge in [0.05, 0.1) is 16.8 Å². The average molecular weight is 262 g/mol. The van der Waals surface area contributed by atoms with E-state index in [-0.39, 0.29) is 22.9 Å². The number of para-hydroxylation sites is 1. The fraction of sp³-hybridized carbons (Fsp3) is 0. The zero-order valence-corrected chi connectivity index (χ0v) is 9.86. The van der Waals surface area contributed by atoms with E-state index < -0.39 is 0 Å². The van der Waals surface area contributed by atoms with Crippen molar-refractivity contribution in [1.29, 1.82) is 0 Å². The third-order valence-electron chi connectivity index (χ3n) is 2.63. The molecule has 0 bridgehead atoms. The molecular weight excluding hydrogens is 254 g/mol. The molecule has 0 aliphatic carbocycles. The minimum Gasteiger partial charge on any atom is -0.451 e. The van der Waals surface area contributed by atoms with Gasteiger partial charge >= 0.3 is 0 Å². The van der Waals surface area contributed by atoms with E-state index in [1.54, 1.807) is 18.2 Å². The number of ketones is 1. The summed E-state index contributed by atoms with van der Waals surface area (Å²) in [5, 5.41) is 7.44. The second-order valence-electron chi connectivity index (χ2n) is 3.80. The van der Waals surface area contributed by atoms with E-state index in [2.05, 4.69) is 10.2 Å². The second-order valence-corrected chi connectivity index (χ2v) is 4.20. The topological polar surface area (TPSA) is 84.9 Å². The summed E-state index contributed by atoms with van der Waals surface area (Å²) in [4.78, 5) is 12.1. The average Bonchev–Trinajstić information content (AvgIpc) is 2.95. The normalized spacial score (nSPS) is 10.9. The molecule has 3 aromatic rings. The van der Waals surface area contributed by atoms with Crippen molar-refractivity contribution in [2.45, 2.75) is 0 Å².